The SMILES string of the molecule is CCCC(NC(=O)CN1CCSC1=O)C(=O)O. The second-order valence-electron chi connectivity index (χ2n) is 3.78. The Kier molecular flexibility index (Phi) is 5.27. The van der Waals surface area contributed by atoms with Crippen molar-refractivity contribution < 1.29 is 19.5 Å². The molecule has 17 heavy (non-hydrogen) atoms. The summed E-state index contributed by atoms with van der Waals surface area (Å²) in [6, 6.07) is -0.863. The standard InChI is InChI=1S/C10H16N2O4S/c1-2-3-7(9(14)15)11-8(13)6-12-4-5-17-10(12)16/h7H,2-6H2,1H3,(H,11,13)(H,14,15). The van der Waals surface area contributed by atoms with E-state index in [1.54, 1.807) is 0 Å². The number of hydrogen-bond donors (Lipinski definition) is 2. The van der Waals surface area contributed by atoms with Crippen LogP contribution in [0.4, 0.5) is 4.79 Å². The second-order valence-corrected chi connectivity index (χ2v) is 4.83. The highest BCUT2D eigenvalue weighted by atomic mass is 32.2. The van der Waals surface area contributed by atoms with E-state index in [-0.39, 0.29) is 11.8 Å². The number of nitrogens with one attached hydrogen (secondary N) is 1. The molecule has 1 rings (SSSR count). The Morgan fingerprint density at radius 2 is 2.29 bits per heavy atom. The summed E-state index contributed by atoms with van der Waals surface area (Å²) in [5.41, 5.74) is 0. The Labute approximate surface area is 104 Å². The Bertz CT molecular complexity index is 321. The number of nitrogens with zero attached hydrogens (tertiary/aromatic N) is 1. The summed E-state index contributed by atoms with van der Waals surface area (Å²) in [5.74, 6) is -0.771. The fraction of sp³-hybridized carbons (Fsp3) is 0.700. The molecule has 0 aromatic rings. The molecule has 0 bridgehead atoms. The molecule has 1 unspecified atom stereocenters. The zero-order valence-electron chi connectivity index (χ0n) is 9.64. The fourth-order valence-corrected chi connectivity index (χ4v) is 2.35. The molecule has 1 atom stereocenters. The van der Waals surface area contributed by atoms with Crippen molar-refractivity contribution in [2.45, 2.75) is 25.8 Å². The van der Waals surface area contributed by atoms with Crippen molar-refractivity contribution in [2.24, 2.45) is 0 Å². The lowest BCUT2D eigenvalue weighted by Crippen LogP contribution is -2.45. The quantitative estimate of drug-likeness (QED) is 0.727. The monoisotopic (exact) mass is 260 g/mol. The second kappa shape index (κ2) is 6.48. The first-order chi connectivity index (χ1) is 8.04. The molecular formula is C10H16N2O4S. The number of thioether (sulfide) groups is 1. The van der Waals surface area contributed by atoms with E-state index in [1.807, 2.05) is 6.92 Å². The predicted octanol–water partition coefficient (Wildman–Crippen LogP) is 0.525. The summed E-state index contributed by atoms with van der Waals surface area (Å²) in [6.45, 7) is 2.34. The van der Waals surface area contributed by atoms with Gasteiger partial charge in [0.05, 0.1) is 0 Å². The molecule has 1 heterocycles. The van der Waals surface area contributed by atoms with Crippen LogP contribution >= 0.6 is 11.8 Å². The Morgan fingerprint density at radius 1 is 1.59 bits per heavy atom. The molecule has 0 radical (unpaired) electrons. The van der Waals surface area contributed by atoms with Crippen LogP contribution in [0.25, 0.3) is 0 Å². The maximum Gasteiger partial charge on any atom is 0.326 e. The minimum atomic E-state index is -1.04. The highest BCUT2D eigenvalue weighted by molar-refractivity contribution is 8.13. The normalized spacial score (nSPS) is 17.0. The topological polar surface area (TPSA) is 86.7 Å². The van der Waals surface area contributed by atoms with Gasteiger partial charge in [-0.3, -0.25) is 9.59 Å². The van der Waals surface area contributed by atoms with Crippen LogP contribution in [0.2, 0.25) is 0 Å². The molecule has 0 saturated carbocycles. The van der Waals surface area contributed by atoms with Gasteiger partial charge in [-0.25, -0.2) is 4.79 Å². The van der Waals surface area contributed by atoms with Crippen molar-refractivity contribution >= 4 is 28.9 Å². The lowest BCUT2D eigenvalue weighted by Gasteiger charge is -2.17. The Hall–Kier alpha value is -1.24. The van der Waals surface area contributed by atoms with Crippen LogP contribution in [0.1, 0.15) is 19.8 Å². The molecule has 2 N–H and O–H groups in total. The van der Waals surface area contributed by atoms with E-state index < -0.39 is 17.9 Å². The van der Waals surface area contributed by atoms with E-state index in [1.165, 1.54) is 16.7 Å². The summed E-state index contributed by atoms with van der Waals surface area (Å²) >= 11 is 1.17. The van der Waals surface area contributed by atoms with E-state index in [4.69, 9.17) is 5.11 Å². The van der Waals surface area contributed by atoms with Crippen molar-refractivity contribution in [3.05, 3.63) is 0 Å². The van der Waals surface area contributed by atoms with Gasteiger partial charge in [-0.05, 0) is 6.42 Å². The summed E-state index contributed by atoms with van der Waals surface area (Å²) < 4.78 is 0. The van der Waals surface area contributed by atoms with Gasteiger partial charge in [0, 0.05) is 12.3 Å². The third-order valence-electron chi connectivity index (χ3n) is 2.39. The molecule has 1 fully saturated rings. The van der Waals surface area contributed by atoms with Crippen LogP contribution in [-0.4, -0.2) is 52.0 Å². The number of carboxylic acids is 1. The highest BCUT2D eigenvalue weighted by Crippen LogP contribution is 2.16. The van der Waals surface area contributed by atoms with Gasteiger partial charge in [0.25, 0.3) is 5.24 Å². The van der Waals surface area contributed by atoms with Crippen LogP contribution < -0.4 is 5.32 Å². The summed E-state index contributed by atoms with van der Waals surface area (Å²) in [6.07, 6.45) is 1.07. The number of aliphatic carboxylic acids is 1. The van der Waals surface area contributed by atoms with Crippen molar-refractivity contribution in [2.75, 3.05) is 18.8 Å². The zero-order valence-corrected chi connectivity index (χ0v) is 10.5. The molecule has 7 heteroatoms. The van der Waals surface area contributed by atoms with Crippen molar-refractivity contribution in [3.8, 4) is 0 Å². The maximum absolute atomic E-state index is 11.6. The smallest absolute Gasteiger partial charge is 0.326 e. The lowest BCUT2D eigenvalue weighted by atomic mass is 10.1. The fourth-order valence-electron chi connectivity index (χ4n) is 1.53. The first-order valence-electron chi connectivity index (χ1n) is 5.48. The molecule has 1 aliphatic rings. The van der Waals surface area contributed by atoms with E-state index >= 15 is 0 Å². The molecule has 0 aromatic carbocycles. The van der Waals surface area contributed by atoms with Gasteiger partial charge in [0.2, 0.25) is 5.91 Å². The first kappa shape index (κ1) is 13.8. The van der Waals surface area contributed by atoms with Gasteiger partial charge >= 0.3 is 5.97 Å². The molecule has 1 saturated heterocycles. The Morgan fingerprint density at radius 3 is 2.76 bits per heavy atom. The number of carbonyl (C=O) groups excluding carboxylic acids is 2. The number of hydrogen-bond acceptors (Lipinski definition) is 4. The van der Waals surface area contributed by atoms with Crippen molar-refractivity contribution in [3.63, 3.8) is 0 Å². The Balaban J connectivity index is 2.41. The minimum Gasteiger partial charge on any atom is -0.480 e. The third kappa shape index (κ3) is 4.26. The van der Waals surface area contributed by atoms with Crippen LogP contribution in [-0.2, 0) is 9.59 Å². The van der Waals surface area contributed by atoms with Crippen molar-refractivity contribution in [1.29, 1.82) is 0 Å². The number of carbonyl (C=O) groups is 3. The molecule has 96 valence electrons. The average molecular weight is 260 g/mol. The van der Waals surface area contributed by atoms with Gasteiger partial charge < -0.3 is 15.3 Å². The lowest BCUT2D eigenvalue weighted by molar-refractivity contribution is -0.142. The van der Waals surface area contributed by atoms with Gasteiger partial charge in [0.15, 0.2) is 0 Å². The van der Waals surface area contributed by atoms with Crippen LogP contribution in [0.3, 0.4) is 0 Å². The summed E-state index contributed by atoms with van der Waals surface area (Å²) in [4.78, 5) is 35.1. The summed E-state index contributed by atoms with van der Waals surface area (Å²) in [5, 5.41) is 11.2. The minimum absolute atomic E-state index is 0.0562. The molecule has 2 amide bonds. The van der Waals surface area contributed by atoms with E-state index in [9.17, 15) is 14.4 Å². The van der Waals surface area contributed by atoms with Crippen LogP contribution in [0, 0.1) is 0 Å². The summed E-state index contributed by atoms with van der Waals surface area (Å²) in [7, 11) is 0. The van der Waals surface area contributed by atoms with E-state index in [0.29, 0.717) is 25.1 Å². The molecular weight excluding hydrogens is 244 g/mol. The highest BCUT2D eigenvalue weighted by Gasteiger charge is 2.25. The molecule has 0 aliphatic carbocycles. The largest absolute Gasteiger partial charge is 0.480 e. The third-order valence-corrected chi connectivity index (χ3v) is 3.28. The van der Waals surface area contributed by atoms with Crippen LogP contribution in [0.15, 0.2) is 0 Å². The molecule has 0 spiro atoms. The van der Waals surface area contributed by atoms with E-state index in [2.05, 4.69) is 5.32 Å². The van der Waals surface area contributed by atoms with E-state index in [0.717, 1.165) is 0 Å². The van der Waals surface area contributed by atoms with Crippen LogP contribution in [0.5, 0.6) is 0 Å². The first-order valence-corrected chi connectivity index (χ1v) is 6.47. The number of rotatable bonds is 6. The molecule has 6 nitrogen and oxygen atoms in total. The van der Waals surface area contributed by atoms with Gasteiger partial charge in [-0.15, -0.1) is 0 Å². The van der Waals surface area contributed by atoms with Gasteiger partial charge in [0.1, 0.15) is 12.6 Å². The predicted molar refractivity (Wildman–Crippen MR) is 63.9 cm³/mol. The van der Waals surface area contributed by atoms with Gasteiger partial charge in [-0.2, -0.15) is 0 Å². The zero-order chi connectivity index (χ0) is 12.8. The molecule has 0 aromatic heterocycles. The van der Waals surface area contributed by atoms with Crippen molar-refractivity contribution in [1.82, 2.24) is 10.2 Å². The number of carboxylic acid groups (broad SMARTS) is 1. The molecule has 1 aliphatic heterocycles. The van der Waals surface area contributed by atoms with Gasteiger partial charge in [-0.1, -0.05) is 25.1 Å². The number of amides is 2. The average Bonchev–Trinajstić information content (AvgIpc) is 2.63. The maximum atomic E-state index is 11.6.